The van der Waals surface area contributed by atoms with Crippen molar-refractivity contribution in [3.63, 3.8) is 0 Å². The van der Waals surface area contributed by atoms with Crippen LogP contribution in [0, 0.1) is 13.8 Å². The van der Waals surface area contributed by atoms with Gasteiger partial charge in [-0.3, -0.25) is 4.40 Å². The van der Waals surface area contributed by atoms with Crippen molar-refractivity contribution in [3.05, 3.63) is 65.3 Å². The third-order valence-electron chi connectivity index (χ3n) is 3.69. The van der Waals surface area contributed by atoms with Crippen LogP contribution in [0.25, 0.3) is 16.3 Å². The molecule has 4 aromatic rings. The minimum Gasteiger partial charge on any atom is -0.339 e. The predicted molar refractivity (Wildman–Crippen MR) is 95.5 cm³/mol. The summed E-state index contributed by atoms with van der Waals surface area (Å²) in [6.07, 6.45) is 3.75. The van der Waals surface area contributed by atoms with Gasteiger partial charge >= 0.3 is 0 Å². The molecular formula is C18H16N4S. The first-order valence-electron chi connectivity index (χ1n) is 7.44. The van der Waals surface area contributed by atoms with E-state index in [1.807, 2.05) is 16.7 Å². The van der Waals surface area contributed by atoms with Gasteiger partial charge in [0.15, 0.2) is 0 Å². The number of rotatable bonds is 3. The third kappa shape index (κ3) is 2.59. The van der Waals surface area contributed by atoms with Crippen LogP contribution in [0.4, 0.5) is 11.5 Å². The molecular weight excluding hydrogens is 304 g/mol. The van der Waals surface area contributed by atoms with E-state index in [1.54, 1.807) is 17.5 Å². The average molecular weight is 320 g/mol. The highest BCUT2D eigenvalue weighted by molar-refractivity contribution is 7.15. The number of fused-ring (bicyclic) bond motifs is 1. The molecule has 0 bridgehead atoms. The molecule has 0 atom stereocenters. The summed E-state index contributed by atoms with van der Waals surface area (Å²) in [5.41, 5.74) is 3.21. The smallest absolute Gasteiger partial charge is 0.236 e. The van der Waals surface area contributed by atoms with Gasteiger partial charge in [-0.05, 0) is 44.2 Å². The normalized spacial score (nSPS) is 11.0. The van der Waals surface area contributed by atoms with E-state index in [2.05, 4.69) is 60.5 Å². The van der Waals surface area contributed by atoms with Crippen LogP contribution in [0.3, 0.4) is 0 Å². The molecule has 4 nitrogen and oxygen atoms in total. The highest BCUT2D eigenvalue weighted by Gasteiger charge is 2.16. The molecule has 0 saturated carbocycles. The molecule has 0 radical (unpaired) electrons. The summed E-state index contributed by atoms with van der Waals surface area (Å²) in [6.45, 7) is 4.19. The molecule has 0 aliphatic rings. The standard InChI is InChI=1S/C18H16N4S/c1-12-4-7-14(8-5-12)20-17-16(15-9-6-13(2)23-15)21-18-19-10-3-11-22(17)18/h3-11,20H,1-2H3. The maximum atomic E-state index is 4.71. The number of aromatic nitrogens is 3. The zero-order valence-electron chi connectivity index (χ0n) is 12.9. The van der Waals surface area contributed by atoms with Crippen molar-refractivity contribution in [3.8, 4) is 10.6 Å². The summed E-state index contributed by atoms with van der Waals surface area (Å²) >= 11 is 1.74. The van der Waals surface area contributed by atoms with E-state index in [9.17, 15) is 0 Å². The maximum Gasteiger partial charge on any atom is 0.236 e. The number of anilines is 2. The second-order valence-corrected chi connectivity index (χ2v) is 6.79. The Morgan fingerprint density at radius 1 is 1.04 bits per heavy atom. The third-order valence-corrected chi connectivity index (χ3v) is 4.70. The van der Waals surface area contributed by atoms with E-state index in [4.69, 9.17) is 4.98 Å². The highest BCUT2D eigenvalue weighted by Crippen LogP contribution is 2.34. The Morgan fingerprint density at radius 3 is 2.61 bits per heavy atom. The van der Waals surface area contributed by atoms with E-state index in [0.29, 0.717) is 5.78 Å². The van der Waals surface area contributed by atoms with Crippen molar-refractivity contribution in [2.45, 2.75) is 13.8 Å². The Balaban J connectivity index is 1.87. The minimum absolute atomic E-state index is 0.697. The lowest BCUT2D eigenvalue weighted by Crippen LogP contribution is -1.97. The number of nitrogens with one attached hydrogen (secondary N) is 1. The van der Waals surface area contributed by atoms with Crippen LogP contribution in [0.2, 0.25) is 0 Å². The molecule has 3 aromatic heterocycles. The summed E-state index contributed by atoms with van der Waals surface area (Å²) < 4.78 is 1.99. The lowest BCUT2D eigenvalue weighted by Gasteiger charge is -2.08. The lowest BCUT2D eigenvalue weighted by molar-refractivity contribution is 1.11. The van der Waals surface area contributed by atoms with Gasteiger partial charge < -0.3 is 5.32 Å². The maximum absolute atomic E-state index is 4.71. The minimum atomic E-state index is 0.697. The molecule has 0 unspecified atom stereocenters. The number of aryl methyl sites for hydroxylation is 2. The Labute approximate surface area is 138 Å². The van der Waals surface area contributed by atoms with E-state index < -0.39 is 0 Å². The molecule has 23 heavy (non-hydrogen) atoms. The first kappa shape index (κ1) is 14.0. The molecule has 4 rings (SSSR count). The fourth-order valence-corrected chi connectivity index (χ4v) is 3.37. The van der Waals surface area contributed by atoms with Crippen LogP contribution in [-0.4, -0.2) is 14.4 Å². The molecule has 3 heterocycles. The van der Waals surface area contributed by atoms with Gasteiger partial charge in [0, 0.05) is 23.0 Å². The number of thiophene rings is 1. The van der Waals surface area contributed by atoms with Gasteiger partial charge in [0.2, 0.25) is 5.78 Å². The van der Waals surface area contributed by atoms with E-state index in [1.165, 1.54) is 10.4 Å². The monoisotopic (exact) mass is 320 g/mol. The molecule has 1 aromatic carbocycles. The van der Waals surface area contributed by atoms with Gasteiger partial charge in [-0.15, -0.1) is 11.3 Å². The largest absolute Gasteiger partial charge is 0.339 e. The summed E-state index contributed by atoms with van der Waals surface area (Å²) in [5.74, 6) is 1.64. The first-order valence-corrected chi connectivity index (χ1v) is 8.26. The predicted octanol–water partition coefficient (Wildman–Crippen LogP) is 4.82. The van der Waals surface area contributed by atoms with Crippen LogP contribution in [0.15, 0.2) is 54.9 Å². The summed E-state index contributed by atoms with van der Waals surface area (Å²) in [5, 5.41) is 3.50. The number of imidazole rings is 1. The average Bonchev–Trinajstić information content (AvgIpc) is 3.14. The molecule has 0 aliphatic heterocycles. The van der Waals surface area contributed by atoms with Crippen molar-refractivity contribution in [1.29, 1.82) is 0 Å². The molecule has 0 aliphatic carbocycles. The van der Waals surface area contributed by atoms with Crippen molar-refractivity contribution in [2.24, 2.45) is 0 Å². The zero-order valence-corrected chi connectivity index (χ0v) is 13.8. The Morgan fingerprint density at radius 2 is 1.87 bits per heavy atom. The van der Waals surface area contributed by atoms with Crippen LogP contribution in [0.1, 0.15) is 10.4 Å². The summed E-state index contributed by atoms with van der Waals surface area (Å²) in [4.78, 5) is 11.5. The van der Waals surface area contributed by atoms with Crippen LogP contribution in [0.5, 0.6) is 0 Å². The topological polar surface area (TPSA) is 42.2 Å². The van der Waals surface area contributed by atoms with Gasteiger partial charge in [0.25, 0.3) is 0 Å². The van der Waals surface area contributed by atoms with Crippen LogP contribution in [-0.2, 0) is 0 Å². The van der Waals surface area contributed by atoms with Crippen LogP contribution < -0.4 is 5.32 Å². The van der Waals surface area contributed by atoms with E-state index in [-0.39, 0.29) is 0 Å². The van der Waals surface area contributed by atoms with E-state index in [0.717, 1.165) is 22.1 Å². The van der Waals surface area contributed by atoms with Crippen molar-refractivity contribution in [2.75, 3.05) is 5.32 Å². The molecule has 5 heteroatoms. The number of hydrogen-bond acceptors (Lipinski definition) is 4. The second kappa shape index (κ2) is 5.52. The number of benzene rings is 1. The lowest BCUT2D eigenvalue weighted by atomic mass is 10.2. The molecule has 0 amide bonds. The quantitative estimate of drug-likeness (QED) is 0.588. The Bertz CT molecular complexity index is 966. The van der Waals surface area contributed by atoms with Crippen molar-refractivity contribution >= 4 is 28.6 Å². The molecule has 0 fully saturated rings. The Hall–Kier alpha value is -2.66. The van der Waals surface area contributed by atoms with Gasteiger partial charge in [0.05, 0.1) is 4.88 Å². The highest BCUT2D eigenvalue weighted by atomic mass is 32.1. The number of nitrogens with zero attached hydrogens (tertiary/aromatic N) is 3. The van der Waals surface area contributed by atoms with Gasteiger partial charge in [0.1, 0.15) is 11.5 Å². The SMILES string of the molecule is Cc1ccc(Nc2c(-c3ccc(C)s3)nc3ncccn23)cc1. The summed E-state index contributed by atoms with van der Waals surface area (Å²) in [6, 6.07) is 14.5. The van der Waals surface area contributed by atoms with Gasteiger partial charge in [-0.1, -0.05) is 17.7 Å². The van der Waals surface area contributed by atoms with Crippen molar-refractivity contribution < 1.29 is 0 Å². The van der Waals surface area contributed by atoms with E-state index >= 15 is 0 Å². The second-order valence-electron chi connectivity index (χ2n) is 5.50. The number of hydrogen-bond donors (Lipinski definition) is 1. The molecule has 1 N–H and O–H groups in total. The fourth-order valence-electron chi connectivity index (χ4n) is 2.51. The summed E-state index contributed by atoms with van der Waals surface area (Å²) in [7, 11) is 0. The zero-order chi connectivity index (χ0) is 15.8. The van der Waals surface area contributed by atoms with Gasteiger partial charge in [-0.2, -0.15) is 0 Å². The molecule has 0 spiro atoms. The molecule has 114 valence electrons. The van der Waals surface area contributed by atoms with Crippen LogP contribution >= 0.6 is 11.3 Å². The molecule has 0 saturated heterocycles. The van der Waals surface area contributed by atoms with Crippen molar-refractivity contribution in [1.82, 2.24) is 14.4 Å². The van der Waals surface area contributed by atoms with Gasteiger partial charge in [-0.25, -0.2) is 9.97 Å². The first-order chi connectivity index (χ1) is 11.2. The fraction of sp³-hybridized carbons (Fsp3) is 0.111. The Kier molecular flexibility index (Phi) is 3.35.